The van der Waals surface area contributed by atoms with Crippen molar-refractivity contribution in [2.45, 2.75) is 18.9 Å². The minimum absolute atomic E-state index is 0.127. The third-order valence-electron chi connectivity index (χ3n) is 4.81. The average molecular weight is 408 g/mol. The van der Waals surface area contributed by atoms with Crippen LogP contribution < -0.4 is 10.1 Å². The molecule has 8 heteroatoms. The number of hydrogen-bond acceptors (Lipinski definition) is 6. The van der Waals surface area contributed by atoms with Crippen molar-refractivity contribution in [3.8, 4) is 16.3 Å². The number of benzene rings is 2. The van der Waals surface area contributed by atoms with Crippen LogP contribution in [0.4, 0.5) is 5.13 Å². The summed E-state index contributed by atoms with van der Waals surface area (Å²) in [5.41, 5.74) is 1.45. The molecule has 0 spiro atoms. The van der Waals surface area contributed by atoms with Crippen LogP contribution >= 0.6 is 11.3 Å². The molecular formula is C21H20N4O3S. The van der Waals surface area contributed by atoms with Gasteiger partial charge in [-0.1, -0.05) is 41.7 Å². The second-order valence-electron chi connectivity index (χ2n) is 6.66. The molecule has 3 aromatic rings. The summed E-state index contributed by atoms with van der Waals surface area (Å²) in [6.07, 6.45) is 1.42. The number of anilines is 1. The van der Waals surface area contributed by atoms with Gasteiger partial charge >= 0.3 is 0 Å². The highest BCUT2D eigenvalue weighted by Gasteiger charge is 2.34. The van der Waals surface area contributed by atoms with Crippen LogP contribution in [0.2, 0.25) is 0 Å². The molecule has 148 valence electrons. The van der Waals surface area contributed by atoms with E-state index in [-0.39, 0.29) is 11.8 Å². The highest BCUT2D eigenvalue weighted by Crippen LogP contribution is 2.29. The van der Waals surface area contributed by atoms with Crippen molar-refractivity contribution in [2.24, 2.45) is 0 Å². The molecule has 1 aromatic heterocycles. The van der Waals surface area contributed by atoms with E-state index in [9.17, 15) is 9.59 Å². The van der Waals surface area contributed by atoms with Crippen LogP contribution in [0.15, 0.2) is 54.6 Å². The van der Waals surface area contributed by atoms with Gasteiger partial charge in [0.2, 0.25) is 11.0 Å². The van der Waals surface area contributed by atoms with E-state index in [1.807, 2.05) is 42.5 Å². The SMILES string of the molecule is COc1cccc(-c2nnc(NC(=O)[C@H]3CCCN3C(=O)c3ccccc3)s2)c1. The first-order valence-corrected chi connectivity index (χ1v) is 10.1. The topological polar surface area (TPSA) is 84.4 Å². The first kappa shape index (κ1) is 19.1. The van der Waals surface area contributed by atoms with Crippen LogP contribution in [0.1, 0.15) is 23.2 Å². The van der Waals surface area contributed by atoms with Crippen molar-refractivity contribution in [2.75, 3.05) is 19.0 Å². The Bertz CT molecular complexity index is 1020. The number of hydrogen-bond donors (Lipinski definition) is 1. The minimum Gasteiger partial charge on any atom is -0.497 e. The van der Waals surface area contributed by atoms with E-state index in [0.717, 1.165) is 17.7 Å². The van der Waals surface area contributed by atoms with Gasteiger partial charge in [-0.05, 0) is 37.1 Å². The molecule has 1 aliphatic rings. The van der Waals surface area contributed by atoms with E-state index < -0.39 is 6.04 Å². The Morgan fingerprint density at radius 3 is 2.76 bits per heavy atom. The summed E-state index contributed by atoms with van der Waals surface area (Å²) in [5.74, 6) is 0.363. The van der Waals surface area contributed by atoms with Gasteiger partial charge in [-0.25, -0.2) is 0 Å². The van der Waals surface area contributed by atoms with Crippen molar-refractivity contribution in [1.29, 1.82) is 0 Å². The van der Waals surface area contributed by atoms with Gasteiger partial charge in [0.05, 0.1) is 7.11 Å². The maximum atomic E-state index is 12.8. The summed E-state index contributed by atoms with van der Waals surface area (Å²) in [7, 11) is 1.61. The molecule has 1 N–H and O–H groups in total. The third-order valence-corrected chi connectivity index (χ3v) is 5.70. The summed E-state index contributed by atoms with van der Waals surface area (Å²) >= 11 is 1.29. The van der Waals surface area contributed by atoms with Crippen molar-refractivity contribution in [3.63, 3.8) is 0 Å². The second-order valence-corrected chi connectivity index (χ2v) is 7.63. The molecule has 0 aliphatic carbocycles. The molecule has 1 aliphatic heterocycles. The van der Waals surface area contributed by atoms with Crippen LogP contribution in [-0.4, -0.2) is 46.6 Å². The lowest BCUT2D eigenvalue weighted by Crippen LogP contribution is -2.43. The Labute approximate surface area is 172 Å². The lowest BCUT2D eigenvalue weighted by molar-refractivity contribution is -0.119. The number of ether oxygens (including phenoxy) is 1. The number of likely N-dealkylation sites (tertiary alicyclic amines) is 1. The fourth-order valence-electron chi connectivity index (χ4n) is 3.36. The molecule has 0 unspecified atom stereocenters. The molecule has 2 aromatic carbocycles. The number of aromatic nitrogens is 2. The number of carbonyl (C=O) groups is 2. The Kier molecular flexibility index (Phi) is 5.53. The van der Waals surface area contributed by atoms with E-state index in [2.05, 4.69) is 15.5 Å². The molecule has 7 nitrogen and oxygen atoms in total. The molecule has 0 radical (unpaired) electrons. The highest BCUT2D eigenvalue weighted by molar-refractivity contribution is 7.18. The molecule has 1 fully saturated rings. The number of methoxy groups -OCH3 is 1. The molecule has 0 bridgehead atoms. The molecule has 4 rings (SSSR count). The molecular weight excluding hydrogens is 388 g/mol. The smallest absolute Gasteiger partial charge is 0.254 e. The molecule has 29 heavy (non-hydrogen) atoms. The normalized spacial score (nSPS) is 15.9. The Morgan fingerprint density at radius 2 is 1.97 bits per heavy atom. The van der Waals surface area contributed by atoms with Gasteiger partial charge in [-0.15, -0.1) is 10.2 Å². The van der Waals surface area contributed by atoms with Gasteiger partial charge in [0.25, 0.3) is 5.91 Å². The van der Waals surface area contributed by atoms with E-state index in [4.69, 9.17) is 4.74 Å². The van der Waals surface area contributed by atoms with Gasteiger partial charge < -0.3 is 9.64 Å². The first-order chi connectivity index (χ1) is 14.2. The fraction of sp³-hybridized carbons (Fsp3) is 0.238. The standard InChI is InChI=1S/C21H20N4O3S/c1-28-16-10-5-9-15(13-16)19-23-24-21(29-19)22-18(26)17-11-6-12-25(17)20(27)14-7-3-2-4-8-14/h2-5,7-10,13,17H,6,11-12H2,1H3,(H,22,24,26)/t17-/m1/s1. The van der Waals surface area contributed by atoms with Gasteiger partial charge in [-0.3, -0.25) is 14.9 Å². The van der Waals surface area contributed by atoms with Crippen LogP contribution in [0.3, 0.4) is 0 Å². The number of carbonyl (C=O) groups excluding carboxylic acids is 2. The number of amides is 2. The summed E-state index contributed by atoms with van der Waals surface area (Å²) in [5, 5.41) is 12.2. The van der Waals surface area contributed by atoms with E-state index in [1.165, 1.54) is 11.3 Å². The number of rotatable bonds is 5. The number of nitrogens with zero attached hydrogens (tertiary/aromatic N) is 3. The van der Waals surface area contributed by atoms with E-state index in [0.29, 0.717) is 28.7 Å². The predicted octanol–water partition coefficient (Wildman–Crippen LogP) is 3.46. The van der Waals surface area contributed by atoms with Gasteiger partial charge in [0.1, 0.15) is 16.8 Å². The maximum Gasteiger partial charge on any atom is 0.254 e. The second kappa shape index (κ2) is 8.40. The summed E-state index contributed by atoms with van der Waals surface area (Å²) in [4.78, 5) is 27.2. The van der Waals surface area contributed by atoms with Crippen molar-refractivity contribution in [3.05, 3.63) is 60.2 Å². The van der Waals surface area contributed by atoms with Crippen molar-refractivity contribution in [1.82, 2.24) is 15.1 Å². The monoisotopic (exact) mass is 408 g/mol. The largest absolute Gasteiger partial charge is 0.497 e. The lowest BCUT2D eigenvalue weighted by atomic mass is 10.1. The first-order valence-electron chi connectivity index (χ1n) is 9.30. The Morgan fingerprint density at radius 1 is 1.14 bits per heavy atom. The molecule has 2 amide bonds. The average Bonchev–Trinajstić information content (AvgIpc) is 3.44. The zero-order valence-corrected chi connectivity index (χ0v) is 16.7. The fourth-order valence-corrected chi connectivity index (χ4v) is 4.11. The van der Waals surface area contributed by atoms with Crippen molar-refractivity contribution >= 4 is 28.3 Å². The lowest BCUT2D eigenvalue weighted by Gasteiger charge is -2.23. The molecule has 2 heterocycles. The zero-order valence-electron chi connectivity index (χ0n) is 15.9. The third kappa shape index (κ3) is 4.12. The maximum absolute atomic E-state index is 12.8. The minimum atomic E-state index is -0.508. The van der Waals surface area contributed by atoms with Crippen LogP contribution in [0.5, 0.6) is 5.75 Å². The highest BCUT2D eigenvalue weighted by atomic mass is 32.1. The van der Waals surface area contributed by atoms with Gasteiger partial charge in [0.15, 0.2) is 0 Å². The van der Waals surface area contributed by atoms with Gasteiger partial charge in [-0.2, -0.15) is 0 Å². The van der Waals surface area contributed by atoms with Crippen LogP contribution in [-0.2, 0) is 4.79 Å². The van der Waals surface area contributed by atoms with Crippen LogP contribution in [0, 0.1) is 0 Å². The molecule has 0 saturated carbocycles. The summed E-state index contributed by atoms with van der Waals surface area (Å²) in [6.45, 7) is 0.566. The van der Waals surface area contributed by atoms with Gasteiger partial charge in [0, 0.05) is 17.7 Å². The Hall–Kier alpha value is -3.26. The molecule has 1 atom stereocenters. The van der Waals surface area contributed by atoms with Crippen molar-refractivity contribution < 1.29 is 14.3 Å². The zero-order chi connectivity index (χ0) is 20.2. The predicted molar refractivity (Wildman–Crippen MR) is 111 cm³/mol. The molecule has 1 saturated heterocycles. The number of nitrogens with one attached hydrogen (secondary N) is 1. The van der Waals surface area contributed by atoms with Crippen LogP contribution in [0.25, 0.3) is 10.6 Å². The Balaban J connectivity index is 1.46. The quantitative estimate of drug-likeness (QED) is 0.699. The van der Waals surface area contributed by atoms with E-state index >= 15 is 0 Å². The van der Waals surface area contributed by atoms with E-state index in [1.54, 1.807) is 24.1 Å². The summed E-state index contributed by atoms with van der Waals surface area (Å²) < 4.78 is 5.24. The summed E-state index contributed by atoms with van der Waals surface area (Å²) in [6, 6.07) is 16.0.